The summed E-state index contributed by atoms with van der Waals surface area (Å²) in [5.74, 6) is 0.721. The number of aromatic hydroxyl groups is 1. The van der Waals surface area contributed by atoms with Gasteiger partial charge in [-0.1, -0.05) is 26.0 Å². The van der Waals surface area contributed by atoms with Gasteiger partial charge in [0.05, 0.1) is 18.4 Å². The average Bonchev–Trinajstić information content (AvgIpc) is 2.38. The number of hydrogen-bond donors (Lipinski definition) is 2. The predicted octanol–water partition coefficient (Wildman–Crippen LogP) is 3.52. The normalized spacial score (nSPS) is 10.6. The van der Waals surface area contributed by atoms with Crippen molar-refractivity contribution in [1.82, 2.24) is 4.98 Å². The molecule has 0 saturated carbocycles. The van der Waals surface area contributed by atoms with E-state index in [0.29, 0.717) is 12.5 Å². The molecule has 0 atom stereocenters. The van der Waals surface area contributed by atoms with E-state index in [1.807, 2.05) is 12.1 Å². The zero-order chi connectivity index (χ0) is 13.0. The molecule has 94 valence electrons. The molecule has 2 N–H and O–H groups in total. The number of aromatic nitrogens is 1. The number of hydrogen-bond acceptors (Lipinski definition) is 3. The average molecular weight is 242 g/mol. The zero-order valence-electron chi connectivity index (χ0n) is 10.7. The van der Waals surface area contributed by atoms with Crippen molar-refractivity contribution in [1.29, 1.82) is 0 Å². The smallest absolute Gasteiger partial charge is 0.133 e. The molecule has 0 aliphatic rings. The Bertz CT molecular complexity index is 506. The van der Waals surface area contributed by atoms with E-state index in [1.165, 1.54) is 11.8 Å². The fraction of sp³-hybridized carbons (Fsp3) is 0.267. The second-order valence-corrected chi connectivity index (χ2v) is 4.64. The molecule has 0 unspecified atom stereocenters. The molecule has 1 heterocycles. The van der Waals surface area contributed by atoms with Gasteiger partial charge in [-0.3, -0.25) is 4.98 Å². The minimum atomic E-state index is 0.195. The lowest BCUT2D eigenvalue weighted by Crippen LogP contribution is -2.01. The number of anilines is 1. The van der Waals surface area contributed by atoms with Crippen molar-refractivity contribution in [3.63, 3.8) is 0 Å². The molecule has 0 aliphatic heterocycles. The minimum absolute atomic E-state index is 0.195. The molecule has 0 amide bonds. The Hall–Kier alpha value is -2.03. The highest BCUT2D eigenvalue weighted by atomic mass is 16.3. The number of pyridine rings is 1. The SMILES string of the molecule is CC(C)c1cccc(NCc2ccc(O)cn2)c1. The van der Waals surface area contributed by atoms with E-state index >= 15 is 0 Å². The first-order valence-corrected chi connectivity index (χ1v) is 6.13. The zero-order valence-corrected chi connectivity index (χ0v) is 10.7. The fourth-order valence-electron chi connectivity index (χ4n) is 1.72. The molecule has 1 aromatic heterocycles. The van der Waals surface area contributed by atoms with Crippen molar-refractivity contribution in [2.45, 2.75) is 26.3 Å². The molecular weight excluding hydrogens is 224 g/mol. The molecule has 0 bridgehead atoms. The van der Waals surface area contributed by atoms with Crippen LogP contribution < -0.4 is 5.32 Å². The van der Waals surface area contributed by atoms with E-state index in [2.05, 4.69) is 42.3 Å². The Morgan fingerprint density at radius 2 is 2.06 bits per heavy atom. The molecule has 18 heavy (non-hydrogen) atoms. The van der Waals surface area contributed by atoms with Gasteiger partial charge in [0.25, 0.3) is 0 Å². The van der Waals surface area contributed by atoms with E-state index in [9.17, 15) is 0 Å². The topological polar surface area (TPSA) is 45.1 Å². The Labute approximate surface area is 108 Å². The van der Waals surface area contributed by atoms with Crippen LogP contribution in [0.25, 0.3) is 0 Å². The van der Waals surface area contributed by atoms with Crippen LogP contribution in [0.4, 0.5) is 5.69 Å². The third-order valence-electron chi connectivity index (χ3n) is 2.84. The standard InChI is InChI=1S/C15H18N2O/c1-11(2)12-4-3-5-13(8-12)16-9-14-6-7-15(18)10-17-14/h3-8,10-11,16,18H,9H2,1-2H3. The van der Waals surface area contributed by atoms with Gasteiger partial charge < -0.3 is 10.4 Å². The summed E-state index contributed by atoms with van der Waals surface area (Å²) in [7, 11) is 0. The minimum Gasteiger partial charge on any atom is -0.506 e. The lowest BCUT2D eigenvalue weighted by Gasteiger charge is -2.10. The Kier molecular flexibility index (Phi) is 3.82. The summed E-state index contributed by atoms with van der Waals surface area (Å²) in [6, 6.07) is 11.9. The highest BCUT2D eigenvalue weighted by Gasteiger charge is 2.00. The predicted molar refractivity (Wildman–Crippen MR) is 73.8 cm³/mol. The van der Waals surface area contributed by atoms with Crippen LogP contribution in [0.3, 0.4) is 0 Å². The molecule has 0 fully saturated rings. The van der Waals surface area contributed by atoms with Crippen LogP contribution in [0, 0.1) is 0 Å². The van der Waals surface area contributed by atoms with Crippen LogP contribution >= 0.6 is 0 Å². The molecule has 0 aliphatic carbocycles. The van der Waals surface area contributed by atoms with Gasteiger partial charge >= 0.3 is 0 Å². The van der Waals surface area contributed by atoms with Crippen molar-refractivity contribution in [2.75, 3.05) is 5.32 Å². The third-order valence-corrected chi connectivity index (χ3v) is 2.84. The van der Waals surface area contributed by atoms with Gasteiger partial charge in [0.15, 0.2) is 0 Å². The van der Waals surface area contributed by atoms with Gasteiger partial charge in [0, 0.05) is 5.69 Å². The molecule has 0 spiro atoms. The summed E-state index contributed by atoms with van der Waals surface area (Å²) in [4.78, 5) is 4.14. The van der Waals surface area contributed by atoms with Crippen LogP contribution in [0.2, 0.25) is 0 Å². The summed E-state index contributed by atoms with van der Waals surface area (Å²) in [5.41, 5.74) is 3.32. The van der Waals surface area contributed by atoms with Crippen LogP contribution in [-0.2, 0) is 6.54 Å². The highest BCUT2D eigenvalue weighted by Crippen LogP contribution is 2.19. The van der Waals surface area contributed by atoms with Crippen LogP contribution in [0.1, 0.15) is 31.0 Å². The first kappa shape index (κ1) is 12.4. The fourth-order valence-corrected chi connectivity index (χ4v) is 1.72. The Morgan fingerprint density at radius 1 is 1.22 bits per heavy atom. The molecule has 2 aromatic rings. The lowest BCUT2D eigenvalue weighted by molar-refractivity contribution is 0.472. The first-order chi connectivity index (χ1) is 8.65. The molecule has 0 saturated heterocycles. The summed E-state index contributed by atoms with van der Waals surface area (Å²) < 4.78 is 0. The van der Waals surface area contributed by atoms with Gasteiger partial charge in [-0.05, 0) is 35.7 Å². The van der Waals surface area contributed by atoms with Gasteiger partial charge in [-0.25, -0.2) is 0 Å². The molecule has 0 radical (unpaired) electrons. The molecule has 3 heteroatoms. The van der Waals surface area contributed by atoms with Crippen LogP contribution in [-0.4, -0.2) is 10.1 Å². The third kappa shape index (κ3) is 3.23. The largest absolute Gasteiger partial charge is 0.506 e. The van der Waals surface area contributed by atoms with E-state index < -0.39 is 0 Å². The second-order valence-electron chi connectivity index (χ2n) is 4.64. The molecule has 3 nitrogen and oxygen atoms in total. The Balaban J connectivity index is 2.01. The monoisotopic (exact) mass is 242 g/mol. The molecule has 2 rings (SSSR count). The van der Waals surface area contributed by atoms with E-state index in [4.69, 9.17) is 5.11 Å². The number of nitrogens with one attached hydrogen (secondary N) is 1. The molecular formula is C15H18N2O. The molecule has 1 aromatic carbocycles. The van der Waals surface area contributed by atoms with Crippen molar-refractivity contribution < 1.29 is 5.11 Å². The summed E-state index contributed by atoms with van der Waals surface area (Å²) >= 11 is 0. The van der Waals surface area contributed by atoms with Crippen molar-refractivity contribution in [3.05, 3.63) is 53.9 Å². The van der Waals surface area contributed by atoms with E-state index in [0.717, 1.165) is 11.4 Å². The first-order valence-electron chi connectivity index (χ1n) is 6.13. The summed E-state index contributed by atoms with van der Waals surface area (Å²) in [6.45, 7) is 5.02. The number of benzene rings is 1. The van der Waals surface area contributed by atoms with Gasteiger partial charge in [-0.15, -0.1) is 0 Å². The summed E-state index contributed by atoms with van der Waals surface area (Å²) in [5, 5.41) is 12.5. The lowest BCUT2D eigenvalue weighted by atomic mass is 10.0. The van der Waals surface area contributed by atoms with E-state index in [-0.39, 0.29) is 5.75 Å². The van der Waals surface area contributed by atoms with Crippen LogP contribution in [0.5, 0.6) is 5.75 Å². The van der Waals surface area contributed by atoms with E-state index in [1.54, 1.807) is 6.07 Å². The van der Waals surface area contributed by atoms with Gasteiger partial charge in [0.2, 0.25) is 0 Å². The van der Waals surface area contributed by atoms with Crippen molar-refractivity contribution >= 4 is 5.69 Å². The Morgan fingerprint density at radius 3 is 2.72 bits per heavy atom. The quantitative estimate of drug-likeness (QED) is 0.862. The number of nitrogens with zero attached hydrogens (tertiary/aromatic N) is 1. The van der Waals surface area contributed by atoms with Crippen molar-refractivity contribution in [2.24, 2.45) is 0 Å². The maximum absolute atomic E-state index is 9.16. The summed E-state index contributed by atoms with van der Waals surface area (Å²) in [6.07, 6.45) is 1.46. The van der Waals surface area contributed by atoms with Gasteiger partial charge in [0.1, 0.15) is 5.75 Å². The second kappa shape index (κ2) is 5.54. The van der Waals surface area contributed by atoms with Gasteiger partial charge in [-0.2, -0.15) is 0 Å². The maximum atomic E-state index is 9.16. The highest BCUT2D eigenvalue weighted by molar-refractivity contribution is 5.46. The number of rotatable bonds is 4. The van der Waals surface area contributed by atoms with Crippen LogP contribution in [0.15, 0.2) is 42.6 Å². The van der Waals surface area contributed by atoms with Crippen molar-refractivity contribution in [3.8, 4) is 5.75 Å². The maximum Gasteiger partial charge on any atom is 0.133 e.